The number of benzene rings is 1. The van der Waals surface area contributed by atoms with Crippen molar-refractivity contribution in [1.82, 2.24) is 4.98 Å². The number of nitrogens with zero attached hydrogens (tertiary/aromatic N) is 2. The van der Waals surface area contributed by atoms with E-state index in [0.717, 1.165) is 22.3 Å². The molecular weight excluding hydrogens is 242 g/mol. The van der Waals surface area contributed by atoms with Gasteiger partial charge in [-0.3, -0.25) is 15.1 Å². The van der Waals surface area contributed by atoms with Crippen molar-refractivity contribution in [3.8, 4) is 0 Å². The van der Waals surface area contributed by atoms with Gasteiger partial charge < -0.3 is 5.32 Å². The van der Waals surface area contributed by atoms with Crippen LogP contribution in [0.1, 0.15) is 12.6 Å². The Bertz CT molecular complexity index is 652. The van der Waals surface area contributed by atoms with E-state index in [9.17, 15) is 10.1 Å². The average Bonchev–Trinajstić information content (AvgIpc) is 2.37. The molecule has 0 aliphatic carbocycles. The Labute approximate surface area is 111 Å². The first kappa shape index (κ1) is 13.0. The van der Waals surface area contributed by atoms with Crippen LogP contribution in [0.4, 0.5) is 11.4 Å². The van der Waals surface area contributed by atoms with Crippen LogP contribution in [0.3, 0.4) is 0 Å². The highest BCUT2D eigenvalue weighted by Gasteiger charge is 2.11. The smallest absolute Gasteiger partial charge is 0.270 e. The lowest BCUT2D eigenvalue weighted by Gasteiger charge is -2.14. The molecule has 1 N–H and O–H groups in total. The normalized spacial score (nSPS) is 12.1. The van der Waals surface area contributed by atoms with Gasteiger partial charge in [-0.25, -0.2) is 0 Å². The third kappa shape index (κ3) is 2.70. The number of nitro benzene ring substituents is 1. The summed E-state index contributed by atoms with van der Waals surface area (Å²) in [5.41, 5.74) is 2.50. The number of hydrogen-bond donors (Lipinski definition) is 1. The largest absolute Gasteiger partial charge is 0.379 e. The van der Waals surface area contributed by atoms with E-state index in [1.165, 1.54) is 6.07 Å². The van der Waals surface area contributed by atoms with Crippen molar-refractivity contribution < 1.29 is 4.92 Å². The Morgan fingerprint density at radius 1 is 1.47 bits per heavy atom. The molecule has 1 atom stereocenters. The Morgan fingerprint density at radius 3 is 2.84 bits per heavy atom. The summed E-state index contributed by atoms with van der Waals surface area (Å²) in [7, 11) is 0. The van der Waals surface area contributed by atoms with Crippen LogP contribution in [-0.2, 0) is 0 Å². The third-order valence-corrected chi connectivity index (χ3v) is 2.87. The number of fused-ring (bicyclic) bond motifs is 1. The van der Waals surface area contributed by atoms with Crippen LogP contribution in [0.5, 0.6) is 0 Å². The minimum Gasteiger partial charge on any atom is -0.379 e. The lowest BCUT2D eigenvalue weighted by Crippen LogP contribution is -2.12. The predicted molar refractivity (Wildman–Crippen MR) is 76.4 cm³/mol. The number of hydrogen-bond acceptors (Lipinski definition) is 4. The van der Waals surface area contributed by atoms with Gasteiger partial charge in [0.25, 0.3) is 5.69 Å². The van der Waals surface area contributed by atoms with Crippen molar-refractivity contribution in [2.24, 2.45) is 0 Å². The minimum atomic E-state index is -0.403. The molecule has 1 heterocycles. The lowest BCUT2D eigenvalue weighted by atomic mass is 10.1. The fraction of sp³-hybridized carbons (Fsp3) is 0.214. The summed E-state index contributed by atoms with van der Waals surface area (Å²) in [6.07, 6.45) is 1.78. The zero-order valence-electron chi connectivity index (χ0n) is 10.9. The van der Waals surface area contributed by atoms with Crippen molar-refractivity contribution in [2.75, 3.05) is 5.32 Å². The lowest BCUT2D eigenvalue weighted by molar-refractivity contribution is -0.384. The van der Waals surface area contributed by atoms with Gasteiger partial charge in [0.05, 0.1) is 10.4 Å². The van der Waals surface area contributed by atoms with Gasteiger partial charge in [-0.15, -0.1) is 6.58 Å². The maximum atomic E-state index is 10.8. The number of nitro groups is 1. The monoisotopic (exact) mass is 257 g/mol. The second kappa shape index (κ2) is 5.06. The molecule has 0 amide bonds. The summed E-state index contributed by atoms with van der Waals surface area (Å²) < 4.78 is 0. The fourth-order valence-electron chi connectivity index (χ4n) is 1.88. The third-order valence-electron chi connectivity index (χ3n) is 2.87. The zero-order valence-corrected chi connectivity index (χ0v) is 10.9. The molecule has 98 valence electrons. The molecule has 1 aromatic carbocycles. The highest BCUT2D eigenvalue weighted by Crippen LogP contribution is 2.27. The zero-order chi connectivity index (χ0) is 14.0. The van der Waals surface area contributed by atoms with E-state index >= 15 is 0 Å². The molecule has 2 rings (SSSR count). The van der Waals surface area contributed by atoms with Gasteiger partial charge in [0, 0.05) is 34.9 Å². The van der Waals surface area contributed by atoms with Crippen molar-refractivity contribution in [2.45, 2.75) is 19.9 Å². The van der Waals surface area contributed by atoms with Gasteiger partial charge in [0.15, 0.2) is 0 Å². The van der Waals surface area contributed by atoms with Gasteiger partial charge in [-0.2, -0.15) is 0 Å². The van der Waals surface area contributed by atoms with E-state index in [1.807, 2.05) is 19.9 Å². The molecule has 1 unspecified atom stereocenters. The topological polar surface area (TPSA) is 68.1 Å². The van der Waals surface area contributed by atoms with E-state index in [-0.39, 0.29) is 11.7 Å². The molecule has 0 aliphatic rings. The van der Waals surface area contributed by atoms with Crippen LogP contribution in [0.2, 0.25) is 0 Å². The Morgan fingerprint density at radius 2 is 2.21 bits per heavy atom. The first-order valence-electron chi connectivity index (χ1n) is 5.96. The van der Waals surface area contributed by atoms with Gasteiger partial charge in [-0.05, 0) is 26.0 Å². The molecular formula is C14H15N3O2. The van der Waals surface area contributed by atoms with E-state index < -0.39 is 4.92 Å². The highest BCUT2D eigenvalue weighted by molar-refractivity contribution is 5.93. The molecule has 0 saturated carbocycles. The van der Waals surface area contributed by atoms with Crippen molar-refractivity contribution in [3.63, 3.8) is 0 Å². The molecule has 0 saturated heterocycles. The molecule has 0 radical (unpaired) electrons. The summed E-state index contributed by atoms with van der Waals surface area (Å²) in [5, 5.41) is 14.9. The summed E-state index contributed by atoms with van der Waals surface area (Å²) in [6, 6.07) is 6.63. The van der Waals surface area contributed by atoms with Gasteiger partial charge >= 0.3 is 0 Å². The van der Waals surface area contributed by atoms with Crippen molar-refractivity contribution >= 4 is 22.3 Å². The maximum absolute atomic E-state index is 10.8. The molecule has 0 aliphatic heterocycles. The van der Waals surface area contributed by atoms with Gasteiger partial charge in [-0.1, -0.05) is 6.08 Å². The fourth-order valence-corrected chi connectivity index (χ4v) is 1.88. The number of pyridine rings is 1. The Hall–Kier alpha value is -2.43. The first-order valence-corrected chi connectivity index (χ1v) is 5.96. The highest BCUT2D eigenvalue weighted by atomic mass is 16.6. The summed E-state index contributed by atoms with van der Waals surface area (Å²) in [6.45, 7) is 7.58. The summed E-state index contributed by atoms with van der Waals surface area (Å²) in [5.74, 6) is 0. The molecule has 0 spiro atoms. The molecule has 0 bridgehead atoms. The number of non-ortho nitro benzene ring substituents is 1. The summed E-state index contributed by atoms with van der Waals surface area (Å²) in [4.78, 5) is 14.8. The number of aromatic nitrogens is 1. The second-order valence-electron chi connectivity index (χ2n) is 4.44. The first-order chi connectivity index (χ1) is 9.01. The van der Waals surface area contributed by atoms with Crippen LogP contribution in [0.25, 0.3) is 10.9 Å². The van der Waals surface area contributed by atoms with E-state index in [0.29, 0.717) is 0 Å². The van der Waals surface area contributed by atoms with Crippen molar-refractivity contribution in [3.05, 3.63) is 52.7 Å². The minimum absolute atomic E-state index is 0.0625. The maximum Gasteiger partial charge on any atom is 0.270 e. The summed E-state index contributed by atoms with van der Waals surface area (Å²) >= 11 is 0. The molecule has 1 aromatic heterocycles. The predicted octanol–water partition coefficient (Wildman–Crippen LogP) is 3.44. The quantitative estimate of drug-likeness (QED) is 0.517. The van der Waals surface area contributed by atoms with Crippen LogP contribution in [0, 0.1) is 17.0 Å². The molecule has 2 aromatic rings. The standard InChI is InChI=1S/C14H15N3O2/c1-4-9(2)15-14-7-10(3)16-13-6-5-11(17(18)19)8-12(13)14/h4-9H,1H2,2-3H3,(H,15,16). The van der Waals surface area contributed by atoms with E-state index in [2.05, 4.69) is 16.9 Å². The Balaban J connectivity index is 2.62. The van der Waals surface area contributed by atoms with Gasteiger partial charge in [0.2, 0.25) is 0 Å². The van der Waals surface area contributed by atoms with Gasteiger partial charge in [0.1, 0.15) is 0 Å². The van der Waals surface area contributed by atoms with Crippen LogP contribution < -0.4 is 5.32 Å². The second-order valence-corrected chi connectivity index (χ2v) is 4.44. The van der Waals surface area contributed by atoms with Crippen LogP contribution in [0.15, 0.2) is 36.9 Å². The molecule has 19 heavy (non-hydrogen) atoms. The van der Waals surface area contributed by atoms with Crippen LogP contribution >= 0.6 is 0 Å². The Kier molecular flexibility index (Phi) is 3.46. The number of anilines is 1. The van der Waals surface area contributed by atoms with Crippen molar-refractivity contribution in [1.29, 1.82) is 0 Å². The molecule has 5 nitrogen and oxygen atoms in total. The number of aryl methyl sites for hydroxylation is 1. The molecule has 5 heteroatoms. The molecule has 0 fully saturated rings. The SMILES string of the molecule is C=CC(C)Nc1cc(C)nc2ccc([N+](=O)[O-])cc12. The van der Waals surface area contributed by atoms with E-state index in [4.69, 9.17) is 0 Å². The number of rotatable bonds is 4. The number of nitrogens with one attached hydrogen (secondary N) is 1. The average molecular weight is 257 g/mol. The van der Waals surface area contributed by atoms with Crippen LogP contribution in [-0.4, -0.2) is 15.9 Å². The van der Waals surface area contributed by atoms with E-state index in [1.54, 1.807) is 18.2 Å².